The maximum absolute atomic E-state index is 12.4. The molecular formula is C13H18ClNOS. The van der Waals surface area contributed by atoms with Gasteiger partial charge in [0, 0.05) is 12.4 Å². The molecule has 2 nitrogen and oxygen atoms in total. The van der Waals surface area contributed by atoms with Crippen molar-refractivity contribution < 1.29 is 4.79 Å². The number of thiophene rings is 1. The van der Waals surface area contributed by atoms with Crippen LogP contribution in [0, 0.1) is 5.41 Å². The molecule has 1 saturated heterocycles. The zero-order chi connectivity index (χ0) is 12.5. The topological polar surface area (TPSA) is 20.3 Å². The lowest BCUT2D eigenvalue weighted by atomic mass is 9.93. The summed E-state index contributed by atoms with van der Waals surface area (Å²) < 4.78 is 0. The highest BCUT2D eigenvalue weighted by Gasteiger charge is 2.37. The van der Waals surface area contributed by atoms with Gasteiger partial charge in [0.05, 0.1) is 11.5 Å². The Kier molecular flexibility index (Phi) is 3.79. The third kappa shape index (κ3) is 2.50. The second-order valence-corrected chi connectivity index (χ2v) is 6.28. The number of hydrogen-bond donors (Lipinski definition) is 0. The van der Waals surface area contributed by atoms with Gasteiger partial charge in [0.1, 0.15) is 0 Å². The second kappa shape index (κ2) is 4.99. The second-order valence-electron chi connectivity index (χ2n) is 5.23. The number of hydrogen-bond acceptors (Lipinski definition) is 2. The van der Waals surface area contributed by atoms with Crippen molar-refractivity contribution in [3.63, 3.8) is 0 Å². The molecule has 0 radical (unpaired) electrons. The molecule has 0 bridgehead atoms. The van der Waals surface area contributed by atoms with Crippen LogP contribution in [-0.2, 0) is 4.79 Å². The molecule has 1 fully saturated rings. The van der Waals surface area contributed by atoms with Crippen LogP contribution in [0.1, 0.15) is 38.3 Å². The van der Waals surface area contributed by atoms with Crippen molar-refractivity contribution in [2.75, 3.05) is 12.4 Å². The van der Waals surface area contributed by atoms with E-state index >= 15 is 0 Å². The molecule has 94 valence electrons. The lowest BCUT2D eigenvalue weighted by molar-refractivity contribution is -0.140. The highest BCUT2D eigenvalue weighted by atomic mass is 35.5. The fourth-order valence-electron chi connectivity index (χ4n) is 2.27. The van der Waals surface area contributed by atoms with E-state index < -0.39 is 5.41 Å². The fourth-order valence-corrected chi connectivity index (χ4v) is 3.09. The Morgan fingerprint density at radius 2 is 2.41 bits per heavy atom. The molecule has 1 aliphatic rings. The summed E-state index contributed by atoms with van der Waals surface area (Å²) in [5, 5.41) is 4.22. The van der Waals surface area contributed by atoms with Gasteiger partial charge in [-0.1, -0.05) is 0 Å². The lowest BCUT2D eigenvalue weighted by Crippen LogP contribution is -2.41. The normalized spacial score (nSPS) is 20.9. The minimum absolute atomic E-state index is 0.182. The van der Waals surface area contributed by atoms with Gasteiger partial charge < -0.3 is 4.90 Å². The lowest BCUT2D eigenvalue weighted by Gasteiger charge is -2.31. The largest absolute Gasteiger partial charge is 0.335 e. The van der Waals surface area contributed by atoms with Gasteiger partial charge in [-0.05, 0) is 49.1 Å². The predicted molar refractivity (Wildman–Crippen MR) is 72.5 cm³/mol. The first-order chi connectivity index (χ1) is 8.06. The quantitative estimate of drug-likeness (QED) is 0.768. The highest BCUT2D eigenvalue weighted by molar-refractivity contribution is 7.07. The van der Waals surface area contributed by atoms with Gasteiger partial charge in [-0.3, -0.25) is 4.79 Å². The summed E-state index contributed by atoms with van der Waals surface area (Å²) in [5.41, 5.74) is 0.811. The van der Waals surface area contributed by atoms with E-state index in [-0.39, 0.29) is 11.9 Å². The van der Waals surface area contributed by atoms with Crippen LogP contribution in [0.15, 0.2) is 16.8 Å². The molecule has 1 aromatic heterocycles. The molecule has 1 aromatic rings. The molecule has 0 aliphatic carbocycles. The number of halogens is 1. The Bertz CT molecular complexity index is 388. The van der Waals surface area contributed by atoms with Crippen molar-refractivity contribution in [2.24, 2.45) is 5.41 Å². The van der Waals surface area contributed by atoms with Gasteiger partial charge >= 0.3 is 0 Å². The average molecular weight is 272 g/mol. The average Bonchev–Trinajstić information content (AvgIpc) is 2.97. The summed E-state index contributed by atoms with van der Waals surface area (Å²) in [4.78, 5) is 14.5. The van der Waals surface area contributed by atoms with Crippen molar-refractivity contribution >= 4 is 28.8 Å². The van der Waals surface area contributed by atoms with E-state index in [0.717, 1.165) is 19.4 Å². The fraction of sp³-hybridized carbons (Fsp3) is 0.615. The molecule has 1 aliphatic heterocycles. The van der Waals surface area contributed by atoms with Crippen LogP contribution in [0.3, 0.4) is 0 Å². The van der Waals surface area contributed by atoms with Crippen molar-refractivity contribution in [2.45, 2.75) is 32.7 Å². The summed E-state index contributed by atoms with van der Waals surface area (Å²) >= 11 is 7.58. The molecule has 17 heavy (non-hydrogen) atoms. The van der Waals surface area contributed by atoms with Crippen LogP contribution in [0.2, 0.25) is 0 Å². The summed E-state index contributed by atoms with van der Waals surface area (Å²) in [6.07, 6.45) is 2.16. The van der Waals surface area contributed by atoms with Crippen LogP contribution in [-0.4, -0.2) is 23.2 Å². The summed E-state index contributed by atoms with van der Waals surface area (Å²) in [7, 11) is 0. The number of alkyl halides is 1. The standard InChI is InChI=1S/C13H18ClNOS/c1-13(2,9-14)12(16)15-6-3-4-11(15)10-5-7-17-8-10/h5,7-8,11H,3-4,6,9H2,1-2H3. The monoisotopic (exact) mass is 271 g/mol. The molecule has 4 heteroatoms. The van der Waals surface area contributed by atoms with E-state index in [0.29, 0.717) is 5.88 Å². The van der Waals surface area contributed by atoms with E-state index in [4.69, 9.17) is 11.6 Å². The van der Waals surface area contributed by atoms with Crippen molar-refractivity contribution in [1.82, 2.24) is 4.90 Å². The Labute approximate surface area is 112 Å². The smallest absolute Gasteiger partial charge is 0.229 e. The molecule has 1 atom stereocenters. The van der Waals surface area contributed by atoms with Crippen LogP contribution >= 0.6 is 22.9 Å². The Balaban J connectivity index is 2.18. The molecule has 2 rings (SSSR count). The molecule has 0 spiro atoms. The van der Waals surface area contributed by atoms with E-state index in [1.165, 1.54) is 5.56 Å². The molecule has 2 heterocycles. The van der Waals surface area contributed by atoms with E-state index in [1.807, 2.05) is 18.7 Å². The predicted octanol–water partition coefficient (Wildman–Crippen LogP) is 3.68. The van der Waals surface area contributed by atoms with Crippen molar-refractivity contribution in [3.05, 3.63) is 22.4 Å². The number of rotatable bonds is 3. The van der Waals surface area contributed by atoms with Gasteiger partial charge in [-0.25, -0.2) is 0 Å². The zero-order valence-electron chi connectivity index (χ0n) is 10.3. The third-order valence-corrected chi connectivity index (χ3v) is 4.72. The highest BCUT2D eigenvalue weighted by Crippen LogP contribution is 2.36. The first-order valence-corrected chi connectivity index (χ1v) is 7.43. The zero-order valence-corrected chi connectivity index (χ0v) is 11.9. The van der Waals surface area contributed by atoms with Gasteiger partial charge in [0.25, 0.3) is 0 Å². The molecule has 0 N–H and O–H groups in total. The van der Waals surface area contributed by atoms with E-state index in [9.17, 15) is 4.79 Å². The van der Waals surface area contributed by atoms with Crippen LogP contribution in [0.4, 0.5) is 0 Å². The van der Waals surface area contributed by atoms with Crippen LogP contribution in [0.5, 0.6) is 0 Å². The summed E-state index contributed by atoms with van der Waals surface area (Å²) in [6, 6.07) is 2.38. The molecule has 1 amide bonds. The summed E-state index contributed by atoms with van der Waals surface area (Å²) in [5.74, 6) is 0.555. The number of nitrogens with zero attached hydrogens (tertiary/aromatic N) is 1. The Hall–Kier alpha value is -0.540. The van der Waals surface area contributed by atoms with Crippen molar-refractivity contribution in [3.8, 4) is 0 Å². The van der Waals surface area contributed by atoms with Crippen molar-refractivity contribution in [1.29, 1.82) is 0 Å². The van der Waals surface area contributed by atoms with E-state index in [2.05, 4.69) is 16.8 Å². The first-order valence-electron chi connectivity index (χ1n) is 5.95. The van der Waals surface area contributed by atoms with Crippen LogP contribution in [0.25, 0.3) is 0 Å². The first kappa shape index (κ1) is 12.9. The third-order valence-electron chi connectivity index (χ3n) is 3.35. The van der Waals surface area contributed by atoms with Gasteiger partial charge in [-0.2, -0.15) is 11.3 Å². The molecule has 1 unspecified atom stereocenters. The van der Waals surface area contributed by atoms with E-state index in [1.54, 1.807) is 11.3 Å². The molecule has 0 aromatic carbocycles. The SMILES string of the molecule is CC(C)(CCl)C(=O)N1CCCC1c1ccsc1. The minimum Gasteiger partial charge on any atom is -0.335 e. The number of carbonyl (C=O) groups is 1. The Morgan fingerprint density at radius 3 is 3.00 bits per heavy atom. The molecule has 0 saturated carbocycles. The summed E-state index contributed by atoms with van der Waals surface area (Å²) in [6.45, 7) is 4.70. The number of carbonyl (C=O) groups excluding carboxylic acids is 1. The van der Waals surface area contributed by atoms with Crippen LogP contribution < -0.4 is 0 Å². The Morgan fingerprint density at radius 1 is 1.65 bits per heavy atom. The minimum atomic E-state index is -0.458. The van der Waals surface area contributed by atoms with Gasteiger partial charge in [0.2, 0.25) is 5.91 Å². The maximum atomic E-state index is 12.4. The number of likely N-dealkylation sites (tertiary alicyclic amines) is 1. The molecular weight excluding hydrogens is 254 g/mol. The maximum Gasteiger partial charge on any atom is 0.229 e. The number of amides is 1. The van der Waals surface area contributed by atoms with Gasteiger partial charge in [-0.15, -0.1) is 11.6 Å². The van der Waals surface area contributed by atoms with Gasteiger partial charge in [0.15, 0.2) is 0 Å².